The Morgan fingerprint density at radius 3 is 2.56 bits per heavy atom. The standard InChI is InChI=1S/C13H22N2O/c1-3-12(14)11-7-5-6-8-13(11)15(4-2)9-10-16/h5-8,12,16H,3-4,9-10,14H2,1-2H3. The molecule has 0 spiro atoms. The van der Waals surface area contributed by atoms with Crippen LogP contribution in [0.2, 0.25) is 0 Å². The molecule has 3 N–H and O–H groups in total. The molecular formula is C13H22N2O. The van der Waals surface area contributed by atoms with Gasteiger partial charge in [0.15, 0.2) is 0 Å². The van der Waals surface area contributed by atoms with Crippen molar-refractivity contribution in [3.63, 3.8) is 0 Å². The molecule has 0 aliphatic heterocycles. The Labute approximate surface area is 97.9 Å². The smallest absolute Gasteiger partial charge is 0.0606 e. The predicted molar refractivity (Wildman–Crippen MR) is 68.6 cm³/mol. The van der Waals surface area contributed by atoms with Gasteiger partial charge in [0.05, 0.1) is 6.61 Å². The highest BCUT2D eigenvalue weighted by atomic mass is 16.3. The number of rotatable bonds is 6. The van der Waals surface area contributed by atoms with E-state index in [0.717, 1.165) is 18.7 Å². The maximum absolute atomic E-state index is 9.04. The highest BCUT2D eigenvalue weighted by Crippen LogP contribution is 2.26. The maximum Gasteiger partial charge on any atom is 0.0606 e. The Kier molecular flexibility index (Phi) is 5.29. The van der Waals surface area contributed by atoms with Crippen LogP contribution in [0.4, 0.5) is 5.69 Å². The zero-order valence-corrected chi connectivity index (χ0v) is 10.2. The number of benzene rings is 1. The summed E-state index contributed by atoms with van der Waals surface area (Å²) in [6.07, 6.45) is 0.924. The van der Waals surface area contributed by atoms with Crippen LogP contribution in [0, 0.1) is 0 Å². The third kappa shape index (κ3) is 2.97. The first-order chi connectivity index (χ1) is 7.74. The predicted octanol–water partition coefficient (Wildman–Crippen LogP) is 1.92. The van der Waals surface area contributed by atoms with Crippen molar-refractivity contribution in [2.75, 3.05) is 24.6 Å². The number of anilines is 1. The highest BCUT2D eigenvalue weighted by molar-refractivity contribution is 5.54. The van der Waals surface area contributed by atoms with Gasteiger partial charge < -0.3 is 15.7 Å². The van der Waals surface area contributed by atoms with Gasteiger partial charge in [-0.05, 0) is 25.0 Å². The second-order valence-corrected chi connectivity index (χ2v) is 3.88. The van der Waals surface area contributed by atoms with Gasteiger partial charge in [-0.3, -0.25) is 0 Å². The molecule has 0 heterocycles. The van der Waals surface area contributed by atoms with E-state index in [2.05, 4.69) is 30.9 Å². The van der Waals surface area contributed by atoms with Crippen molar-refractivity contribution >= 4 is 5.69 Å². The van der Waals surface area contributed by atoms with Crippen LogP contribution in [-0.4, -0.2) is 24.8 Å². The molecule has 0 aliphatic rings. The Bertz CT molecular complexity index is 315. The van der Waals surface area contributed by atoms with E-state index in [1.165, 1.54) is 5.56 Å². The van der Waals surface area contributed by atoms with Crippen molar-refractivity contribution in [1.29, 1.82) is 0 Å². The Balaban J connectivity index is 3.00. The SMILES string of the molecule is CCC(N)c1ccccc1N(CC)CCO. The van der Waals surface area contributed by atoms with E-state index < -0.39 is 0 Å². The summed E-state index contributed by atoms with van der Waals surface area (Å²) in [7, 11) is 0. The first-order valence-electron chi connectivity index (χ1n) is 5.94. The molecule has 1 aromatic rings. The van der Waals surface area contributed by atoms with Crippen molar-refractivity contribution in [2.45, 2.75) is 26.3 Å². The van der Waals surface area contributed by atoms with Crippen molar-refractivity contribution in [2.24, 2.45) is 5.73 Å². The number of nitrogens with two attached hydrogens (primary N) is 1. The van der Waals surface area contributed by atoms with Gasteiger partial charge in [-0.2, -0.15) is 0 Å². The zero-order chi connectivity index (χ0) is 12.0. The van der Waals surface area contributed by atoms with Gasteiger partial charge >= 0.3 is 0 Å². The lowest BCUT2D eigenvalue weighted by Gasteiger charge is -2.26. The molecule has 1 aromatic carbocycles. The van der Waals surface area contributed by atoms with Gasteiger partial charge in [-0.15, -0.1) is 0 Å². The molecular weight excluding hydrogens is 200 g/mol. The van der Waals surface area contributed by atoms with Crippen molar-refractivity contribution in [3.05, 3.63) is 29.8 Å². The molecule has 0 radical (unpaired) electrons. The van der Waals surface area contributed by atoms with Gasteiger partial charge in [-0.1, -0.05) is 25.1 Å². The molecule has 90 valence electrons. The number of nitrogens with zero attached hydrogens (tertiary/aromatic N) is 1. The van der Waals surface area contributed by atoms with E-state index in [4.69, 9.17) is 10.8 Å². The molecule has 0 saturated heterocycles. The Morgan fingerprint density at radius 1 is 1.31 bits per heavy atom. The summed E-state index contributed by atoms with van der Waals surface area (Å²) < 4.78 is 0. The maximum atomic E-state index is 9.04. The van der Waals surface area contributed by atoms with Crippen LogP contribution in [0.25, 0.3) is 0 Å². The van der Waals surface area contributed by atoms with E-state index in [1.807, 2.05) is 12.1 Å². The van der Waals surface area contributed by atoms with Crippen molar-refractivity contribution in [1.82, 2.24) is 0 Å². The van der Waals surface area contributed by atoms with Crippen molar-refractivity contribution < 1.29 is 5.11 Å². The second-order valence-electron chi connectivity index (χ2n) is 3.88. The summed E-state index contributed by atoms with van der Waals surface area (Å²) in [5, 5.41) is 9.04. The molecule has 0 saturated carbocycles. The van der Waals surface area contributed by atoms with Gasteiger partial charge in [0, 0.05) is 24.8 Å². The number of aliphatic hydroxyl groups excluding tert-OH is 1. The number of para-hydroxylation sites is 1. The average Bonchev–Trinajstić information content (AvgIpc) is 2.35. The summed E-state index contributed by atoms with van der Waals surface area (Å²) in [6, 6.07) is 8.25. The molecule has 3 heteroatoms. The lowest BCUT2D eigenvalue weighted by molar-refractivity contribution is 0.302. The fourth-order valence-corrected chi connectivity index (χ4v) is 1.88. The third-order valence-corrected chi connectivity index (χ3v) is 2.87. The zero-order valence-electron chi connectivity index (χ0n) is 10.2. The summed E-state index contributed by atoms with van der Waals surface area (Å²) in [4.78, 5) is 2.16. The van der Waals surface area contributed by atoms with Crippen LogP contribution in [0.15, 0.2) is 24.3 Å². The van der Waals surface area contributed by atoms with Crippen LogP contribution in [0.5, 0.6) is 0 Å². The minimum Gasteiger partial charge on any atom is -0.395 e. The fraction of sp³-hybridized carbons (Fsp3) is 0.538. The summed E-state index contributed by atoms with van der Waals surface area (Å²) >= 11 is 0. The van der Waals surface area contributed by atoms with Crippen LogP contribution < -0.4 is 10.6 Å². The molecule has 1 rings (SSSR count). The molecule has 0 aromatic heterocycles. The molecule has 16 heavy (non-hydrogen) atoms. The number of likely N-dealkylation sites (N-methyl/N-ethyl adjacent to an activating group) is 1. The number of aliphatic hydroxyl groups is 1. The minimum atomic E-state index is 0.0731. The van der Waals surface area contributed by atoms with E-state index in [9.17, 15) is 0 Å². The van der Waals surface area contributed by atoms with Gasteiger partial charge in [0.2, 0.25) is 0 Å². The first kappa shape index (κ1) is 13.0. The third-order valence-electron chi connectivity index (χ3n) is 2.87. The fourth-order valence-electron chi connectivity index (χ4n) is 1.88. The molecule has 3 nitrogen and oxygen atoms in total. The van der Waals surface area contributed by atoms with E-state index in [0.29, 0.717) is 6.54 Å². The number of hydrogen-bond donors (Lipinski definition) is 2. The average molecular weight is 222 g/mol. The topological polar surface area (TPSA) is 49.5 Å². The van der Waals surface area contributed by atoms with Crippen LogP contribution in [0.3, 0.4) is 0 Å². The van der Waals surface area contributed by atoms with Crippen molar-refractivity contribution in [3.8, 4) is 0 Å². The van der Waals surface area contributed by atoms with Crippen LogP contribution in [0.1, 0.15) is 31.9 Å². The minimum absolute atomic E-state index is 0.0731. The number of hydrogen-bond acceptors (Lipinski definition) is 3. The quantitative estimate of drug-likeness (QED) is 0.773. The monoisotopic (exact) mass is 222 g/mol. The Morgan fingerprint density at radius 2 is 2.00 bits per heavy atom. The summed E-state index contributed by atoms with van der Waals surface area (Å²) in [5.74, 6) is 0. The van der Waals surface area contributed by atoms with Gasteiger partial charge in [0.25, 0.3) is 0 Å². The highest BCUT2D eigenvalue weighted by Gasteiger charge is 2.12. The molecule has 0 aliphatic carbocycles. The molecule has 0 amide bonds. The largest absolute Gasteiger partial charge is 0.395 e. The van der Waals surface area contributed by atoms with Gasteiger partial charge in [-0.25, -0.2) is 0 Å². The van der Waals surface area contributed by atoms with E-state index >= 15 is 0 Å². The molecule has 1 unspecified atom stereocenters. The molecule has 0 bridgehead atoms. The van der Waals surface area contributed by atoms with Gasteiger partial charge in [0.1, 0.15) is 0 Å². The molecule has 1 atom stereocenters. The van der Waals surface area contributed by atoms with E-state index in [-0.39, 0.29) is 12.6 Å². The van der Waals surface area contributed by atoms with Crippen LogP contribution in [-0.2, 0) is 0 Å². The van der Waals surface area contributed by atoms with E-state index in [1.54, 1.807) is 0 Å². The Hall–Kier alpha value is -1.06. The summed E-state index contributed by atoms with van der Waals surface area (Å²) in [5.41, 5.74) is 8.41. The lowest BCUT2D eigenvalue weighted by Crippen LogP contribution is -2.28. The molecule has 0 fully saturated rings. The normalized spacial score (nSPS) is 12.5. The lowest BCUT2D eigenvalue weighted by atomic mass is 10.0. The first-order valence-corrected chi connectivity index (χ1v) is 5.94. The van der Waals surface area contributed by atoms with Crippen LogP contribution >= 0.6 is 0 Å². The summed E-state index contributed by atoms with van der Waals surface area (Å²) in [6.45, 7) is 5.88. The second kappa shape index (κ2) is 6.51.